The van der Waals surface area contributed by atoms with E-state index in [0.717, 1.165) is 25.2 Å². The molecule has 0 bridgehead atoms. The molecule has 1 unspecified atom stereocenters. The van der Waals surface area contributed by atoms with Crippen molar-refractivity contribution in [1.29, 1.82) is 0 Å². The standard InChI is InChI=1S/C10H12N2O3S/c13-10(14)8-3-4-11-12-9(8)16-6-7-2-1-5-15-7/h3-4,7H,1-2,5-6H2,(H,13,14). The Morgan fingerprint density at radius 2 is 2.56 bits per heavy atom. The third kappa shape index (κ3) is 2.70. The second-order valence-corrected chi connectivity index (χ2v) is 4.51. The molecule has 16 heavy (non-hydrogen) atoms. The monoisotopic (exact) mass is 240 g/mol. The summed E-state index contributed by atoms with van der Waals surface area (Å²) in [6, 6.07) is 1.47. The van der Waals surface area contributed by atoms with Crippen molar-refractivity contribution in [3.63, 3.8) is 0 Å². The largest absolute Gasteiger partial charge is 0.478 e. The summed E-state index contributed by atoms with van der Waals surface area (Å²) >= 11 is 1.39. The molecular formula is C10H12N2O3S. The molecule has 1 fully saturated rings. The average Bonchev–Trinajstić information content (AvgIpc) is 2.79. The fourth-order valence-corrected chi connectivity index (χ4v) is 2.56. The van der Waals surface area contributed by atoms with Crippen molar-refractivity contribution >= 4 is 17.7 Å². The lowest BCUT2D eigenvalue weighted by Gasteiger charge is -2.08. The highest BCUT2D eigenvalue weighted by Gasteiger charge is 2.18. The van der Waals surface area contributed by atoms with Crippen molar-refractivity contribution in [3.8, 4) is 0 Å². The Kier molecular flexibility index (Phi) is 3.74. The Morgan fingerprint density at radius 3 is 3.25 bits per heavy atom. The van der Waals surface area contributed by atoms with Crippen LogP contribution >= 0.6 is 11.8 Å². The molecule has 1 aromatic heterocycles. The number of rotatable bonds is 4. The van der Waals surface area contributed by atoms with Crippen LogP contribution in [0.1, 0.15) is 23.2 Å². The van der Waals surface area contributed by atoms with Crippen LogP contribution in [-0.2, 0) is 4.74 Å². The van der Waals surface area contributed by atoms with Gasteiger partial charge in [0.05, 0.1) is 17.9 Å². The molecular weight excluding hydrogens is 228 g/mol. The summed E-state index contributed by atoms with van der Waals surface area (Å²) in [5.74, 6) is -0.233. The van der Waals surface area contributed by atoms with Gasteiger partial charge in [0.25, 0.3) is 0 Å². The van der Waals surface area contributed by atoms with Crippen LogP contribution in [-0.4, -0.2) is 39.7 Å². The van der Waals surface area contributed by atoms with Crippen molar-refractivity contribution in [2.75, 3.05) is 12.4 Å². The number of ether oxygens (including phenoxy) is 1. The van der Waals surface area contributed by atoms with E-state index in [-0.39, 0.29) is 11.7 Å². The molecule has 2 heterocycles. The molecule has 1 aromatic rings. The Balaban J connectivity index is 2.00. The predicted molar refractivity (Wildman–Crippen MR) is 58.7 cm³/mol. The second kappa shape index (κ2) is 5.27. The first-order chi connectivity index (χ1) is 7.77. The average molecular weight is 240 g/mol. The normalized spacial score (nSPS) is 19.9. The number of aromatic nitrogens is 2. The minimum Gasteiger partial charge on any atom is -0.478 e. The van der Waals surface area contributed by atoms with Crippen LogP contribution in [0.15, 0.2) is 17.3 Å². The minimum atomic E-state index is -0.968. The molecule has 1 aliphatic heterocycles. The molecule has 2 rings (SSSR count). The molecule has 5 nitrogen and oxygen atoms in total. The SMILES string of the molecule is O=C(O)c1ccnnc1SCC1CCCO1. The molecule has 0 aromatic carbocycles. The molecule has 86 valence electrons. The zero-order chi connectivity index (χ0) is 11.4. The fraction of sp³-hybridized carbons (Fsp3) is 0.500. The van der Waals surface area contributed by atoms with Crippen molar-refractivity contribution in [3.05, 3.63) is 17.8 Å². The summed E-state index contributed by atoms with van der Waals surface area (Å²) in [5, 5.41) is 16.9. The van der Waals surface area contributed by atoms with Crippen molar-refractivity contribution in [2.24, 2.45) is 0 Å². The van der Waals surface area contributed by atoms with Gasteiger partial charge in [-0.05, 0) is 18.9 Å². The summed E-state index contributed by atoms with van der Waals surface area (Å²) in [4.78, 5) is 10.9. The van der Waals surface area contributed by atoms with Gasteiger partial charge in [-0.15, -0.1) is 16.9 Å². The molecule has 1 saturated heterocycles. The third-order valence-electron chi connectivity index (χ3n) is 2.35. The van der Waals surface area contributed by atoms with Crippen LogP contribution in [0, 0.1) is 0 Å². The highest BCUT2D eigenvalue weighted by atomic mass is 32.2. The zero-order valence-electron chi connectivity index (χ0n) is 8.63. The second-order valence-electron chi connectivity index (χ2n) is 3.50. The van der Waals surface area contributed by atoms with Crippen molar-refractivity contribution in [1.82, 2.24) is 10.2 Å². The molecule has 0 saturated carbocycles. The molecule has 0 aliphatic carbocycles. The fourth-order valence-electron chi connectivity index (χ4n) is 1.54. The van der Waals surface area contributed by atoms with E-state index in [1.165, 1.54) is 24.0 Å². The number of carboxylic acid groups (broad SMARTS) is 1. The quantitative estimate of drug-likeness (QED) is 0.803. The van der Waals surface area contributed by atoms with Gasteiger partial charge in [0.15, 0.2) is 0 Å². The van der Waals surface area contributed by atoms with Gasteiger partial charge in [-0.25, -0.2) is 4.79 Å². The van der Waals surface area contributed by atoms with E-state index in [0.29, 0.717) is 5.03 Å². The van der Waals surface area contributed by atoms with E-state index in [4.69, 9.17) is 9.84 Å². The number of thioether (sulfide) groups is 1. The van der Waals surface area contributed by atoms with Gasteiger partial charge in [-0.2, -0.15) is 5.10 Å². The number of nitrogens with zero attached hydrogens (tertiary/aromatic N) is 2. The van der Waals surface area contributed by atoms with Gasteiger partial charge < -0.3 is 9.84 Å². The van der Waals surface area contributed by atoms with Gasteiger partial charge in [0.2, 0.25) is 0 Å². The molecule has 1 aliphatic rings. The summed E-state index contributed by atoms with van der Waals surface area (Å²) in [6.07, 6.45) is 3.72. The topological polar surface area (TPSA) is 72.3 Å². The molecule has 1 N–H and O–H groups in total. The van der Waals surface area contributed by atoms with Gasteiger partial charge in [-0.1, -0.05) is 0 Å². The van der Waals surface area contributed by atoms with Crippen molar-refractivity contribution < 1.29 is 14.6 Å². The van der Waals surface area contributed by atoms with Crippen molar-refractivity contribution in [2.45, 2.75) is 24.0 Å². The Labute approximate surface area is 97.2 Å². The van der Waals surface area contributed by atoms with E-state index < -0.39 is 5.97 Å². The molecule has 0 spiro atoms. The first-order valence-corrected chi connectivity index (χ1v) is 6.05. The Hall–Kier alpha value is -1.14. The van der Waals surface area contributed by atoms with Crippen LogP contribution < -0.4 is 0 Å². The summed E-state index contributed by atoms with van der Waals surface area (Å²) in [5.41, 5.74) is 0.206. The maximum Gasteiger partial charge on any atom is 0.338 e. The lowest BCUT2D eigenvalue weighted by Crippen LogP contribution is -2.09. The van der Waals surface area contributed by atoms with Crippen LogP contribution in [0.25, 0.3) is 0 Å². The zero-order valence-corrected chi connectivity index (χ0v) is 9.44. The smallest absolute Gasteiger partial charge is 0.338 e. The van der Waals surface area contributed by atoms with E-state index in [9.17, 15) is 4.79 Å². The van der Waals surface area contributed by atoms with Crippen LogP contribution in [0.3, 0.4) is 0 Å². The number of aromatic carboxylic acids is 1. The van der Waals surface area contributed by atoms with Gasteiger partial charge in [-0.3, -0.25) is 0 Å². The maximum atomic E-state index is 10.9. The molecule has 6 heteroatoms. The summed E-state index contributed by atoms with van der Waals surface area (Å²) < 4.78 is 5.46. The Morgan fingerprint density at radius 1 is 1.69 bits per heavy atom. The summed E-state index contributed by atoms with van der Waals surface area (Å²) in [7, 11) is 0. The van der Waals surface area contributed by atoms with E-state index in [1.54, 1.807) is 0 Å². The van der Waals surface area contributed by atoms with Crippen LogP contribution in [0.5, 0.6) is 0 Å². The molecule has 1 atom stereocenters. The predicted octanol–water partition coefficient (Wildman–Crippen LogP) is 1.45. The number of carbonyl (C=O) groups is 1. The number of hydrogen-bond donors (Lipinski definition) is 1. The Bertz CT molecular complexity index is 380. The highest BCUT2D eigenvalue weighted by Crippen LogP contribution is 2.24. The van der Waals surface area contributed by atoms with Crippen LogP contribution in [0.2, 0.25) is 0 Å². The molecule has 0 amide bonds. The molecule has 0 radical (unpaired) electrons. The van der Waals surface area contributed by atoms with E-state index in [2.05, 4.69) is 10.2 Å². The van der Waals surface area contributed by atoms with Gasteiger partial charge in [0, 0.05) is 12.4 Å². The first-order valence-electron chi connectivity index (χ1n) is 5.07. The summed E-state index contributed by atoms with van der Waals surface area (Å²) in [6.45, 7) is 0.803. The maximum absolute atomic E-state index is 10.9. The van der Waals surface area contributed by atoms with Crippen LogP contribution in [0.4, 0.5) is 0 Å². The van der Waals surface area contributed by atoms with Gasteiger partial charge in [0.1, 0.15) is 5.03 Å². The lowest BCUT2D eigenvalue weighted by atomic mass is 10.3. The third-order valence-corrected chi connectivity index (χ3v) is 3.46. The first kappa shape index (κ1) is 11.3. The lowest BCUT2D eigenvalue weighted by molar-refractivity contribution is 0.0691. The minimum absolute atomic E-state index is 0.206. The number of hydrogen-bond acceptors (Lipinski definition) is 5. The number of carboxylic acids is 1. The van der Waals surface area contributed by atoms with Gasteiger partial charge >= 0.3 is 5.97 Å². The van der Waals surface area contributed by atoms with E-state index in [1.807, 2.05) is 0 Å². The highest BCUT2D eigenvalue weighted by molar-refractivity contribution is 7.99. The van der Waals surface area contributed by atoms with E-state index >= 15 is 0 Å².